The molecule has 1 unspecified atom stereocenters. The summed E-state index contributed by atoms with van der Waals surface area (Å²) in [5, 5.41) is 3.40. The van der Waals surface area contributed by atoms with E-state index < -0.39 is 0 Å². The van der Waals surface area contributed by atoms with Crippen molar-refractivity contribution in [3.05, 3.63) is 18.1 Å². The van der Waals surface area contributed by atoms with Gasteiger partial charge < -0.3 is 10.2 Å². The van der Waals surface area contributed by atoms with E-state index in [1.165, 1.54) is 32.4 Å². The van der Waals surface area contributed by atoms with Crippen LogP contribution in [0.25, 0.3) is 0 Å². The molecule has 1 N–H and O–H groups in total. The minimum atomic E-state index is 0.474. The summed E-state index contributed by atoms with van der Waals surface area (Å²) in [5.41, 5.74) is 1.03. The van der Waals surface area contributed by atoms with Gasteiger partial charge in [0.2, 0.25) is 0 Å². The number of rotatable bonds is 5. The molecule has 3 heterocycles. The highest BCUT2D eigenvalue weighted by atomic mass is 15.3. The van der Waals surface area contributed by atoms with E-state index in [1.807, 2.05) is 12.4 Å². The zero-order valence-corrected chi connectivity index (χ0v) is 13.3. The molecule has 2 saturated heterocycles. The number of aromatic nitrogens is 2. The fraction of sp³-hybridized carbons (Fsp3) is 0.750. The van der Waals surface area contributed by atoms with Crippen molar-refractivity contribution in [3.8, 4) is 0 Å². The van der Waals surface area contributed by atoms with Crippen LogP contribution in [0.1, 0.15) is 38.8 Å². The summed E-state index contributed by atoms with van der Waals surface area (Å²) in [5.74, 6) is 1.04. The predicted octanol–water partition coefficient (Wildman–Crippen LogP) is 1.65. The quantitative estimate of drug-likeness (QED) is 0.893. The van der Waals surface area contributed by atoms with Gasteiger partial charge in [-0.25, -0.2) is 4.98 Å². The number of nitrogens with one attached hydrogen (secondary N) is 1. The number of hydrogen-bond donors (Lipinski definition) is 1. The lowest BCUT2D eigenvalue weighted by atomic mass is 10.2. The van der Waals surface area contributed by atoms with Gasteiger partial charge in [0, 0.05) is 37.9 Å². The molecule has 0 bridgehead atoms. The van der Waals surface area contributed by atoms with Crippen LogP contribution < -0.4 is 10.2 Å². The Morgan fingerprint density at radius 2 is 2.05 bits per heavy atom. The van der Waals surface area contributed by atoms with E-state index >= 15 is 0 Å². The molecular formula is C16H27N5. The SMILES string of the molecule is CC(C)NCc1cncc(N2CCC(N3CCCC3)C2)n1. The molecule has 0 spiro atoms. The maximum atomic E-state index is 4.77. The Kier molecular flexibility index (Phi) is 4.70. The number of hydrogen-bond acceptors (Lipinski definition) is 5. The highest BCUT2D eigenvalue weighted by Crippen LogP contribution is 2.23. The number of nitrogens with zero attached hydrogens (tertiary/aromatic N) is 4. The molecule has 1 atom stereocenters. The Morgan fingerprint density at radius 3 is 2.81 bits per heavy atom. The Hall–Kier alpha value is -1.20. The van der Waals surface area contributed by atoms with Crippen LogP contribution in [0.2, 0.25) is 0 Å². The van der Waals surface area contributed by atoms with Gasteiger partial charge >= 0.3 is 0 Å². The molecule has 116 valence electrons. The van der Waals surface area contributed by atoms with Gasteiger partial charge in [-0.1, -0.05) is 13.8 Å². The molecule has 0 aromatic carbocycles. The van der Waals surface area contributed by atoms with E-state index in [-0.39, 0.29) is 0 Å². The lowest BCUT2D eigenvalue weighted by Crippen LogP contribution is -2.35. The summed E-state index contributed by atoms with van der Waals surface area (Å²) in [6, 6.07) is 1.19. The second-order valence-corrected chi connectivity index (χ2v) is 6.54. The molecular weight excluding hydrogens is 262 g/mol. The van der Waals surface area contributed by atoms with Gasteiger partial charge in [0.1, 0.15) is 5.82 Å². The van der Waals surface area contributed by atoms with Crippen LogP contribution in [0.15, 0.2) is 12.4 Å². The number of anilines is 1. The Bertz CT molecular complexity index is 456. The second-order valence-electron chi connectivity index (χ2n) is 6.54. The first-order valence-electron chi connectivity index (χ1n) is 8.25. The second kappa shape index (κ2) is 6.71. The van der Waals surface area contributed by atoms with E-state index in [4.69, 9.17) is 4.98 Å². The lowest BCUT2D eigenvalue weighted by molar-refractivity contribution is 0.260. The van der Waals surface area contributed by atoms with E-state index in [1.54, 1.807) is 0 Å². The van der Waals surface area contributed by atoms with Crippen LogP contribution in [0.5, 0.6) is 0 Å². The summed E-state index contributed by atoms with van der Waals surface area (Å²) in [4.78, 5) is 14.2. The standard InChI is InChI=1S/C16H27N5/c1-13(2)18-10-14-9-17-11-16(19-14)21-8-5-15(12-21)20-6-3-4-7-20/h9,11,13,15,18H,3-8,10,12H2,1-2H3. The third kappa shape index (κ3) is 3.71. The van der Waals surface area contributed by atoms with Gasteiger partial charge in [-0.15, -0.1) is 0 Å². The minimum Gasteiger partial charge on any atom is -0.354 e. The van der Waals surface area contributed by atoms with E-state index in [0.29, 0.717) is 12.1 Å². The first-order chi connectivity index (χ1) is 10.2. The van der Waals surface area contributed by atoms with Crippen molar-refractivity contribution in [1.82, 2.24) is 20.2 Å². The van der Waals surface area contributed by atoms with Crippen molar-refractivity contribution in [1.29, 1.82) is 0 Å². The zero-order chi connectivity index (χ0) is 14.7. The smallest absolute Gasteiger partial charge is 0.147 e. The third-order valence-corrected chi connectivity index (χ3v) is 4.51. The average Bonchev–Trinajstić information content (AvgIpc) is 3.16. The van der Waals surface area contributed by atoms with Crippen molar-refractivity contribution < 1.29 is 0 Å². The first-order valence-corrected chi connectivity index (χ1v) is 8.25. The Morgan fingerprint density at radius 1 is 1.24 bits per heavy atom. The fourth-order valence-corrected chi connectivity index (χ4v) is 3.30. The molecule has 1 aromatic heterocycles. The molecule has 5 heteroatoms. The first kappa shape index (κ1) is 14.7. The third-order valence-electron chi connectivity index (χ3n) is 4.51. The van der Waals surface area contributed by atoms with Crippen LogP contribution in [-0.2, 0) is 6.54 Å². The molecule has 0 aliphatic carbocycles. The molecule has 2 aliphatic rings. The van der Waals surface area contributed by atoms with Crippen LogP contribution in [0, 0.1) is 0 Å². The summed E-state index contributed by atoms with van der Waals surface area (Å²) in [6.45, 7) is 9.87. The van der Waals surface area contributed by atoms with Crippen LogP contribution in [0.3, 0.4) is 0 Å². The van der Waals surface area contributed by atoms with E-state index in [2.05, 4.69) is 33.9 Å². The molecule has 0 radical (unpaired) electrons. The van der Waals surface area contributed by atoms with E-state index in [0.717, 1.165) is 31.1 Å². The summed E-state index contributed by atoms with van der Waals surface area (Å²) in [6.07, 6.45) is 7.77. The Balaban J connectivity index is 1.60. The lowest BCUT2D eigenvalue weighted by Gasteiger charge is -2.24. The normalized spacial score (nSPS) is 23.4. The van der Waals surface area contributed by atoms with Crippen molar-refractivity contribution >= 4 is 5.82 Å². The van der Waals surface area contributed by atoms with Gasteiger partial charge in [-0.2, -0.15) is 0 Å². The molecule has 2 aliphatic heterocycles. The van der Waals surface area contributed by atoms with Gasteiger partial charge in [0.25, 0.3) is 0 Å². The highest BCUT2D eigenvalue weighted by Gasteiger charge is 2.29. The molecule has 0 amide bonds. The molecule has 3 rings (SSSR count). The van der Waals surface area contributed by atoms with Crippen LogP contribution >= 0.6 is 0 Å². The molecule has 21 heavy (non-hydrogen) atoms. The highest BCUT2D eigenvalue weighted by molar-refractivity contribution is 5.38. The van der Waals surface area contributed by atoms with Crippen molar-refractivity contribution in [2.75, 3.05) is 31.1 Å². The molecule has 0 saturated carbocycles. The maximum absolute atomic E-state index is 4.77. The molecule has 1 aromatic rings. The zero-order valence-electron chi connectivity index (χ0n) is 13.3. The van der Waals surface area contributed by atoms with Crippen molar-refractivity contribution in [2.45, 2.75) is 51.7 Å². The van der Waals surface area contributed by atoms with Gasteiger partial charge in [-0.3, -0.25) is 9.88 Å². The molecule has 2 fully saturated rings. The Labute approximate surface area is 127 Å². The van der Waals surface area contributed by atoms with Gasteiger partial charge in [0.05, 0.1) is 11.9 Å². The van der Waals surface area contributed by atoms with E-state index in [9.17, 15) is 0 Å². The van der Waals surface area contributed by atoms with Gasteiger partial charge in [0.15, 0.2) is 0 Å². The fourth-order valence-electron chi connectivity index (χ4n) is 3.30. The monoisotopic (exact) mass is 289 g/mol. The van der Waals surface area contributed by atoms with Crippen molar-refractivity contribution in [3.63, 3.8) is 0 Å². The van der Waals surface area contributed by atoms with Crippen LogP contribution in [0.4, 0.5) is 5.82 Å². The molecule has 5 nitrogen and oxygen atoms in total. The maximum Gasteiger partial charge on any atom is 0.147 e. The topological polar surface area (TPSA) is 44.3 Å². The van der Waals surface area contributed by atoms with Crippen LogP contribution in [-0.4, -0.2) is 53.1 Å². The average molecular weight is 289 g/mol. The van der Waals surface area contributed by atoms with Gasteiger partial charge in [-0.05, 0) is 32.4 Å². The van der Waals surface area contributed by atoms with Crippen molar-refractivity contribution in [2.24, 2.45) is 0 Å². The largest absolute Gasteiger partial charge is 0.354 e. The number of likely N-dealkylation sites (tertiary alicyclic amines) is 1. The summed E-state index contributed by atoms with van der Waals surface area (Å²) >= 11 is 0. The minimum absolute atomic E-state index is 0.474. The summed E-state index contributed by atoms with van der Waals surface area (Å²) in [7, 11) is 0. The summed E-state index contributed by atoms with van der Waals surface area (Å²) < 4.78 is 0. The predicted molar refractivity (Wildman–Crippen MR) is 85.4 cm³/mol.